The fraction of sp³-hybridized carbons (Fsp3) is 0.412. The first-order valence-electron chi connectivity index (χ1n) is 7.64. The van der Waals surface area contributed by atoms with Gasteiger partial charge in [0.15, 0.2) is 5.78 Å². The first-order chi connectivity index (χ1) is 11.2. The second-order valence-corrected chi connectivity index (χ2v) is 6.22. The van der Waals surface area contributed by atoms with Crippen molar-refractivity contribution in [3.63, 3.8) is 0 Å². The molecule has 2 heterocycles. The van der Waals surface area contributed by atoms with Crippen LogP contribution in [-0.4, -0.2) is 34.0 Å². The van der Waals surface area contributed by atoms with E-state index in [0.717, 1.165) is 0 Å². The van der Waals surface area contributed by atoms with Gasteiger partial charge in [-0.05, 0) is 39.8 Å². The number of anilines is 1. The zero-order valence-electron chi connectivity index (χ0n) is 14.5. The van der Waals surface area contributed by atoms with E-state index in [2.05, 4.69) is 9.97 Å². The lowest BCUT2D eigenvalue weighted by atomic mass is 10.2. The summed E-state index contributed by atoms with van der Waals surface area (Å²) in [4.78, 5) is 33.4. The minimum atomic E-state index is -0.596. The number of ether oxygens (including phenoxy) is 1. The topological polar surface area (TPSA) is 85.5 Å². The summed E-state index contributed by atoms with van der Waals surface area (Å²) in [5.74, 6) is 0.541. The third-order valence-electron chi connectivity index (χ3n) is 3.06. The third-order valence-corrected chi connectivity index (χ3v) is 3.06. The van der Waals surface area contributed by atoms with E-state index in [1.54, 1.807) is 39.1 Å². The number of nitrogens with zero attached hydrogens (tertiary/aromatic N) is 3. The largest absolute Gasteiger partial charge is 0.444 e. The molecule has 0 bridgehead atoms. The summed E-state index contributed by atoms with van der Waals surface area (Å²) in [5, 5.41) is 0. The maximum absolute atomic E-state index is 12.3. The highest BCUT2D eigenvalue weighted by atomic mass is 16.6. The van der Waals surface area contributed by atoms with Gasteiger partial charge < -0.3 is 9.15 Å². The number of aromatic nitrogens is 2. The Kier molecular flexibility index (Phi) is 5.02. The predicted molar refractivity (Wildman–Crippen MR) is 89.0 cm³/mol. The van der Waals surface area contributed by atoms with Crippen LogP contribution in [0.5, 0.6) is 0 Å². The Labute approximate surface area is 140 Å². The van der Waals surface area contributed by atoms with Crippen LogP contribution in [0.2, 0.25) is 0 Å². The first-order valence-corrected chi connectivity index (χ1v) is 7.64. The molecular formula is C17H21N3O4. The van der Waals surface area contributed by atoms with E-state index in [1.165, 1.54) is 18.1 Å². The molecule has 0 spiro atoms. The van der Waals surface area contributed by atoms with Crippen molar-refractivity contribution in [2.45, 2.75) is 40.2 Å². The van der Waals surface area contributed by atoms with Crippen molar-refractivity contribution in [3.05, 3.63) is 30.3 Å². The van der Waals surface area contributed by atoms with Crippen molar-refractivity contribution < 1.29 is 18.7 Å². The Morgan fingerprint density at radius 2 is 2.04 bits per heavy atom. The van der Waals surface area contributed by atoms with Crippen LogP contribution in [-0.2, 0) is 4.74 Å². The molecule has 0 aromatic carbocycles. The molecule has 0 radical (unpaired) electrons. The highest BCUT2D eigenvalue weighted by Gasteiger charge is 2.23. The summed E-state index contributed by atoms with van der Waals surface area (Å²) in [6.07, 6.45) is 2.38. The van der Waals surface area contributed by atoms with E-state index in [4.69, 9.17) is 9.15 Å². The number of carbonyl (C=O) groups is 2. The van der Waals surface area contributed by atoms with Crippen molar-refractivity contribution in [1.29, 1.82) is 0 Å². The van der Waals surface area contributed by atoms with Gasteiger partial charge in [-0.25, -0.2) is 14.8 Å². The number of hydrogen-bond acceptors (Lipinski definition) is 6. The number of Topliss-reactive ketones (excluding diaryl/α,β-unsaturated/α-hetero) is 1. The molecular weight excluding hydrogens is 310 g/mol. The average Bonchev–Trinajstić information content (AvgIpc) is 2.96. The van der Waals surface area contributed by atoms with Crippen LogP contribution >= 0.6 is 0 Å². The lowest BCUT2D eigenvalue weighted by Gasteiger charge is -2.26. The molecule has 0 fully saturated rings. The van der Waals surface area contributed by atoms with Crippen LogP contribution in [0.4, 0.5) is 10.6 Å². The lowest BCUT2D eigenvalue weighted by molar-refractivity contribution is 0.0581. The van der Waals surface area contributed by atoms with Crippen LogP contribution in [0.15, 0.2) is 29.0 Å². The standard InChI is InChI=1S/C17H21N3O4/c1-6-20(16(22)24-17(3,4)5)14-9-12(7-8-18-14)15-19-13(10-23-15)11(2)21/h7-10H,6H2,1-5H3. The Balaban J connectivity index is 2.30. The minimum Gasteiger partial charge on any atom is -0.444 e. The summed E-state index contributed by atoms with van der Waals surface area (Å²) in [6, 6.07) is 3.37. The van der Waals surface area contributed by atoms with Gasteiger partial charge in [-0.3, -0.25) is 9.69 Å². The van der Waals surface area contributed by atoms with Crippen molar-refractivity contribution in [1.82, 2.24) is 9.97 Å². The number of ketones is 1. The van der Waals surface area contributed by atoms with Gasteiger partial charge in [0.1, 0.15) is 23.4 Å². The fourth-order valence-corrected chi connectivity index (χ4v) is 1.97. The van der Waals surface area contributed by atoms with E-state index in [0.29, 0.717) is 23.8 Å². The summed E-state index contributed by atoms with van der Waals surface area (Å²) < 4.78 is 10.7. The Morgan fingerprint density at radius 1 is 1.33 bits per heavy atom. The van der Waals surface area contributed by atoms with Crippen molar-refractivity contribution >= 4 is 17.7 Å². The van der Waals surface area contributed by atoms with Gasteiger partial charge in [0.2, 0.25) is 5.89 Å². The summed E-state index contributed by atoms with van der Waals surface area (Å²) in [7, 11) is 0. The molecule has 0 aliphatic carbocycles. The predicted octanol–water partition coefficient (Wildman–Crippen LogP) is 3.70. The molecule has 2 rings (SSSR count). The van der Waals surface area contributed by atoms with Gasteiger partial charge in [-0.2, -0.15) is 0 Å². The summed E-state index contributed by atoms with van der Waals surface area (Å²) >= 11 is 0. The molecule has 24 heavy (non-hydrogen) atoms. The number of hydrogen-bond donors (Lipinski definition) is 0. The smallest absolute Gasteiger partial charge is 0.415 e. The molecule has 2 aromatic rings. The maximum atomic E-state index is 12.3. The zero-order chi connectivity index (χ0) is 17.9. The van der Waals surface area contributed by atoms with Crippen LogP contribution in [0.1, 0.15) is 45.1 Å². The molecule has 7 nitrogen and oxygen atoms in total. The molecule has 128 valence electrons. The van der Waals surface area contributed by atoms with Crippen molar-refractivity contribution in [2.75, 3.05) is 11.4 Å². The van der Waals surface area contributed by atoms with E-state index < -0.39 is 11.7 Å². The van der Waals surface area contributed by atoms with E-state index in [-0.39, 0.29) is 11.5 Å². The molecule has 0 saturated heterocycles. The Hall–Kier alpha value is -2.70. The second-order valence-electron chi connectivity index (χ2n) is 6.22. The van der Waals surface area contributed by atoms with Crippen LogP contribution in [0.25, 0.3) is 11.5 Å². The van der Waals surface area contributed by atoms with Crippen LogP contribution in [0.3, 0.4) is 0 Å². The zero-order valence-corrected chi connectivity index (χ0v) is 14.5. The maximum Gasteiger partial charge on any atom is 0.415 e. The highest BCUT2D eigenvalue weighted by Crippen LogP contribution is 2.23. The third kappa shape index (κ3) is 4.18. The normalized spacial score (nSPS) is 11.2. The molecule has 7 heteroatoms. The quantitative estimate of drug-likeness (QED) is 0.794. The molecule has 2 aromatic heterocycles. The van der Waals surface area contributed by atoms with Crippen molar-refractivity contribution in [2.24, 2.45) is 0 Å². The lowest BCUT2D eigenvalue weighted by Crippen LogP contribution is -2.37. The van der Waals surface area contributed by atoms with Crippen molar-refractivity contribution in [3.8, 4) is 11.5 Å². The Morgan fingerprint density at radius 3 is 2.58 bits per heavy atom. The average molecular weight is 331 g/mol. The highest BCUT2D eigenvalue weighted by molar-refractivity contribution is 5.92. The first kappa shape index (κ1) is 17.7. The minimum absolute atomic E-state index is 0.178. The van der Waals surface area contributed by atoms with Gasteiger partial charge in [-0.15, -0.1) is 0 Å². The van der Waals surface area contributed by atoms with E-state index in [9.17, 15) is 9.59 Å². The number of pyridine rings is 1. The number of rotatable bonds is 4. The molecule has 0 aliphatic heterocycles. The SMILES string of the molecule is CCN(C(=O)OC(C)(C)C)c1cc(-c2nc(C(C)=O)co2)ccn1. The van der Waals surface area contributed by atoms with Gasteiger partial charge in [0, 0.05) is 25.2 Å². The molecule has 0 saturated carbocycles. The number of oxazole rings is 1. The molecule has 0 N–H and O–H groups in total. The summed E-state index contributed by atoms with van der Waals surface area (Å²) in [6.45, 7) is 9.06. The Bertz CT molecular complexity index is 746. The van der Waals surface area contributed by atoms with E-state index >= 15 is 0 Å². The van der Waals surface area contributed by atoms with Gasteiger partial charge >= 0.3 is 6.09 Å². The van der Waals surface area contributed by atoms with Gasteiger partial charge in [-0.1, -0.05) is 0 Å². The van der Waals surface area contributed by atoms with Crippen LogP contribution in [0, 0.1) is 0 Å². The molecule has 0 atom stereocenters. The number of amides is 1. The number of carbonyl (C=O) groups excluding carboxylic acids is 2. The molecule has 0 aliphatic rings. The van der Waals surface area contributed by atoms with Gasteiger partial charge in [0.25, 0.3) is 0 Å². The van der Waals surface area contributed by atoms with Gasteiger partial charge in [0.05, 0.1) is 0 Å². The van der Waals surface area contributed by atoms with Crippen LogP contribution < -0.4 is 4.90 Å². The molecule has 1 amide bonds. The molecule has 0 unspecified atom stereocenters. The van der Waals surface area contributed by atoms with E-state index in [1.807, 2.05) is 6.92 Å². The summed E-state index contributed by atoms with van der Waals surface area (Å²) in [5.41, 5.74) is 0.276. The monoisotopic (exact) mass is 331 g/mol. The second kappa shape index (κ2) is 6.82. The fourth-order valence-electron chi connectivity index (χ4n) is 1.97.